The summed E-state index contributed by atoms with van der Waals surface area (Å²) in [7, 11) is 3.29. The second-order valence-electron chi connectivity index (χ2n) is 5.55. The summed E-state index contributed by atoms with van der Waals surface area (Å²) in [6.45, 7) is 0. The van der Waals surface area contributed by atoms with E-state index in [1.807, 2.05) is 30.5 Å². The van der Waals surface area contributed by atoms with Crippen LogP contribution >= 0.6 is 11.3 Å². The molecule has 5 nitrogen and oxygen atoms in total. The van der Waals surface area contributed by atoms with Crippen LogP contribution in [0.2, 0.25) is 0 Å². The number of anilines is 2. The van der Waals surface area contributed by atoms with Crippen LogP contribution < -0.4 is 14.8 Å². The van der Waals surface area contributed by atoms with E-state index in [2.05, 4.69) is 27.8 Å². The lowest BCUT2D eigenvalue weighted by atomic mass is 10.1. The number of nitrogens with one attached hydrogen (secondary N) is 1. The number of aromatic nitrogens is 2. The Labute approximate surface area is 150 Å². The number of hydrogen-bond donors (Lipinski definition) is 1. The van der Waals surface area contributed by atoms with Crippen LogP contribution in [0.3, 0.4) is 0 Å². The minimum atomic E-state index is 0.743. The summed E-state index contributed by atoms with van der Waals surface area (Å²) >= 11 is 1.56. The summed E-state index contributed by atoms with van der Waals surface area (Å²) < 4.78 is 10.7. The fourth-order valence-electron chi connectivity index (χ4n) is 2.88. The first-order chi connectivity index (χ1) is 12.3. The number of pyridine rings is 1. The van der Waals surface area contributed by atoms with E-state index in [0.717, 1.165) is 45.7 Å². The Morgan fingerprint density at radius 2 is 2.08 bits per heavy atom. The minimum Gasteiger partial charge on any atom is -0.497 e. The zero-order chi connectivity index (χ0) is 17.2. The van der Waals surface area contributed by atoms with Crippen molar-refractivity contribution in [2.45, 2.75) is 6.42 Å². The molecule has 0 amide bonds. The molecule has 4 rings (SSSR count). The van der Waals surface area contributed by atoms with Crippen LogP contribution in [-0.4, -0.2) is 24.2 Å². The standard InChI is InChI=1S/C19H17N3O2S/c1-23-12-5-8-18(24-2)16(10-12)21-19-22-17(11-25-19)14-6-7-15-13(14)4-3-9-20-15/h3-6,8-11H,7H2,1-2H3,(H,21,22). The smallest absolute Gasteiger partial charge is 0.187 e. The van der Waals surface area contributed by atoms with Crippen molar-refractivity contribution in [2.24, 2.45) is 0 Å². The van der Waals surface area contributed by atoms with Gasteiger partial charge in [0.1, 0.15) is 11.5 Å². The molecular weight excluding hydrogens is 334 g/mol. The van der Waals surface area contributed by atoms with E-state index in [-0.39, 0.29) is 0 Å². The van der Waals surface area contributed by atoms with Gasteiger partial charge in [-0.15, -0.1) is 11.3 Å². The molecule has 0 unspecified atom stereocenters. The van der Waals surface area contributed by atoms with Crippen LogP contribution in [0.15, 0.2) is 48.0 Å². The average Bonchev–Trinajstić information content (AvgIpc) is 3.28. The van der Waals surface area contributed by atoms with Gasteiger partial charge in [-0.25, -0.2) is 4.98 Å². The Hall–Kier alpha value is -2.86. The van der Waals surface area contributed by atoms with E-state index < -0.39 is 0 Å². The maximum Gasteiger partial charge on any atom is 0.187 e. The summed E-state index contributed by atoms with van der Waals surface area (Å²) in [4.78, 5) is 9.16. The molecule has 0 atom stereocenters. The van der Waals surface area contributed by atoms with Crippen LogP contribution in [0.25, 0.3) is 5.57 Å². The normalized spacial score (nSPS) is 12.5. The first-order valence-electron chi connectivity index (χ1n) is 7.88. The van der Waals surface area contributed by atoms with Crippen molar-refractivity contribution in [3.05, 3.63) is 64.9 Å². The van der Waals surface area contributed by atoms with Gasteiger partial charge in [-0.1, -0.05) is 12.1 Å². The predicted molar refractivity (Wildman–Crippen MR) is 100.0 cm³/mol. The SMILES string of the molecule is COc1ccc(OC)c(Nc2nc(C3=CCc4ncccc43)cs2)c1. The molecule has 3 aromatic rings. The summed E-state index contributed by atoms with van der Waals surface area (Å²) in [6, 6.07) is 9.69. The molecule has 0 saturated carbocycles. The van der Waals surface area contributed by atoms with E-state index in [4.69, 9.17) is 14.5 Å². The Kier molecular flexibility index (Phi) is 4.11. The Bertz CT molecular complexity index is 949. The molecule has 0 spiro atoms. The summed E-state index contributed by atoms with van der Waals surface area (Å²) in [5.41, 5.74) is 5.20. The van der Waals surface area contributed by atoms with Gasteiger partial charge in [0.05, 0.1) is 31.3 Å². The molecule has 25 heavy (non-hydrogen) atoms. The fourth-order valence-corrected chi connectivity index (χ4v) is 3.60. The molecule has 0 aliphatic heterocycles. The van der Waals surface area contributed by atoms with Crippen LogP contribution in [0.1, 0.15) is 17.0 Å². The van der Waals surface area contributed by atoms with E-state index in [9.17, 15) is 0 Å². The van der Waals surface area contributed by atoms with Crippen LogP contribution in [-0.2, 0) is 6.42 Å². The van der Waals surface area contributed by atoms with Gasteiger partial charge in [0.25, 0.3) is 0 Å². The number of rotatable bonds is 5. The third-order valence-corrected chi connectivity index (χ3v) is 4.87. The molecule has 0 saturated heterocycles. The van der Waals surface area contributed by atoms with Gasteiger partial charge >= 0.3 is 0 Å². The average molecular weight is 351 g/mol. The molecule has 2 aromatic heterocycles. The molecule has 0 radical (unpaired) electrons. The van der Waals surface area contributed by atoms with Crippen LogP contribution in [0, 0.1) is 0 Å². The van der Waals surface area contributed by atoms with Crippen molar-refractivity contribution in [3.63, 3.8) is 0 Å². The lowest BCUT2D eigenvalue weighted by molar-refractivity contribution is 0.405. The molecule has 6 heteroatoms. The van der Waals surface area contributed by atoms with E-state index in [0.29, 0.717) is 0 Å². The van der Waals surface area contributed by atoms with Crippen molar-refractivity contribution >= 4 is 27.7 Å². The monoisotopic (exact) mass is 351 g/mol. The first kappa shape index (κ1) is 15.7. The summed E-state index contributed by atoms with van der Waals surface area (Å²) in [5.74, 6) is 1.51. The van der Waals surface area contributed by atoms with Crippen molar-refractivity contribution in [1.82, 2.24) is 9.97 Å². The molecule has 1 aliphatic carbocycles. The molecular formula is C19H17N3O2S. The molecule has 0 fully saturated rings. The van der Waals surface area contributed by atoms with Crippen molar-refractivity contribution in [3.8, 4) is 11.5 Å². The van der Waals surface area contributed by atoms with E-state index >= 15 is 0 Å². The van der Waals surface area contributed by atoms with Gasteiger partial charge in [0.2, 0.25) is 0 Å². The first-order valence-corrected chi connectivity index (χ1v) is 8.76. The van der Waals surface area contributed by atoms with Crippen molar-refractivity contribution in [1.29, 1.82) is 0 Å². The third kappa shape index (κ3) is 2.96. The number of fused-ring (bicyclic) bond motifs is 1. The quantitative estimate of drug-likeness (QED) is 0.743. The zero-order valence-electron chi connectivity index (χ0n) is 13.9. The second kappa shape index (κ2) is 6.57. The van der Waals surface area contributed by atoms with Gasteiger partial charge in [-0.3, -0.25) is 4.98 Å². The fraction of sp³-hybridized carbons (Fsp3) is 0.158. The maximum absolute atomic E-state index is 5.41. The lowest BCUT2D eigenvalue weighted by Crippen LogP contribution is -1.96. The molecule has 0 bridgehead atoms. The lowest BCUT2D eigenvalue weighted by Gasteiger charge is -2.10. The number of allylic oxidation sites excluding steroid dienone is 1. The molecule has 1 aliphatic rings. The van der Waals surface area contributed by atoms with Gasteiger partial charge in [0.15, 0.2) is 5.13 Å². The minimum absolute atomic E-state index is 0.743. The highest BCUT2D eigenvalue weighted by atomic mass is 32.1. The summed E-state index contributed by atoms with van der Waals surface area (Å²) in [5, 5.41) is 6.19. The summed E-state index contributed by atoms with van der Waals surface area (Å²) in [6.07, 6.45) is 4.87. The number of ether oxygens (including phenoxy) is 2. The Morgan fingerprint density at radius 3 is 2.92 bits per heavy atom. The number of nitrogens with zero attached hydrogens (tertiary/aromatic N) is 2. The molecule has 1 aromatic carbocycles. The Balaban J connectivity index is 1.61. The zero-order valence-corrected chi connectivity index (χ0v) is 14.8. The topological polar surface area (TPSA) is 56.3 Å². The van der Waals surface area contributed by atoms with Crippen molar-refractivity contribution < 1.29 is 9.47 Å². The van der Waals surface area contributed by atoms with E-state index in [1.54, 1.807) is 25.6 Å². The number of benzene rings is 1. The van der Waals surface area contributed by atoms with Crippen LogP contribution in [0.4, 0.5) is 10.8 Å². The second-order valence-corrected chi connectivity index (χ2v) is 6.41. The Morgan fingerprint density at radius 1 is 1.16 bits per heavy atom. The third-order valence-electron chi connectivity index (χ3n) is 4.11. The van der Waals surface area contributed by atoms with Gasteiger partial charge in [-0.05, 0) is 18.2 Å². The number of hydrogen-bond acceptors (Lipinski definition) is 6. The highest BCUT2D eigenvalue weighted by Crippen LogP contribution is 2.36. The molecule has 126 valence electrons. The number of thiazole rings is 1. The largest absolute Gasteiger partial charge is 0.497 e. The van der Waals surface area contributed by atoms with Gasteiger partial charge in [0, 0.05) is 35.2 Å². The molecule has 2 heterocycles. The highest BCUT2D eigenvalue weighted by Gasteiger charge is 2.18. The van der Waals surface area contributed by atoms with E-state index in [1.165, 1.54) is 5.56 Å². The molecule has 1 N–H and O–H groups in total. The van der Waals surface area contributed by atoms with Gasteiger partial charge in [-0.2, -0.15) is 0 Å². The van der Waals surface area contributed by atoms with Crippen LogP contribution in [0.5, 0.6) is 11.5 Å². The highest BCUT2D eigenvalue weighted by molar-refractivity contribution is 7.13. The maximum atomic E-state index is 5.41. The predicted octanol–water partition coefficient (Wildman–Crippen LogP) is 4.29. The van der Waals surface area contributed by atoms with Gasteiger partial charge < -0.3 is 14.8 Å². The number of methoxy groups -OCH3 is 2. The van der Waals surface area contributed by atoms with Crippen molar-refractivity contribution in [2.75, 3.05) is 19.5 Å².